The van der Waals surface area contributed by atoms with Crippen molar-refractivity contribution in [2.75, 3.05) is 44.7 Å². The topological polar surface area (TPSA) is 94.9 Å². The van der Waals surface area contributed by atoms with Gasteiger partial charge in [-0.15, -0.1) is 0 Å². The van der Waals surface area contributed by atoms with Gasteiger partial charge in [-0.3, -0.25) is 9.69 Å². The Kier molecular flexibility index (Phi) is 8.30. The van der Waals surface area contributed by atoms with Crippen LogP contribution >= 0.6 is 23.2 Å². The second-order valence-corrected chi connectivity index (χ2v) is 12.4. The molecule has 0 aliphatic carbocycles. The van der Waals surface area contributed by atoms with Crippen LogP contribution < -0.4 is 9.64 Å². The van der Waals surface area contributed by atoms with Gasteiger partial charge in [-0.25, -0.2) is 15.0 Å². The molecule has 0 bridgehead atoms. The van der Waals surface area contributed by atoms with Gasteiger partial charge in [0.2, 0.25) is 11.8 Å². The van der Waals surface area contributed by atoms with Crippen molar-refractivity contribution >= 4 is 35.1 Å². The zero-order valence-electron chi connectivity index (χ0n) is 23.0. The minimum Gasteiger partial charge on any atom is -0.481 e. The summed E-state index contributed by atoms with van der Waals surface area (Å²) in [5.41, 5.74) is 2.53. The van der Waals surface area contributed by atoms with E-state index in [-0.39, 0.29) is 12.3 Å². The molecule has 5 heterocycles. The molecule has 0 radical (unpaired) electrons. The monoisotopic (exact) mass is 596 g/mol. The van der Waals surface area contributed by atoms with Crippen LogP contribution in [0, 0.1) is 11.8 Å². The van der Waals surface area contributed by atoms with Gasteiger partial charge < -0.3 is 19.6 Å². The third-order valence-electron chi connectivity index (χ3n) is 8.50. The lowest BCUT2D eigenvalue weighted by Gasteiger charge is -2.51. The van der Waals surface area contributed by atoms with Crippen LogP contribution in [0.25, 0.3) is 11.3 Å². The van der Waals surface area contributed by atoms with Gasteiger partial charge >= 0.3 is 5.97 Å². The molecular weight excluding hydrogens is 563 g/mol. The van der Waals surface area contributed by atoms with Crippen molar-refractivity contribution in [2.45, 2.75) is 38.3 Å². The van der Waals surface area contributed by atoms with E-state index in [0.717, 1.165) is 69.1 Å². The maximum atomic E-state index is 11.1. The molecule has 11 heteroatoms. The van der Waals surface area contributed by atoms with Gasteiger partial charge in [0, 0.05) is 66.2 Å². The summed E-state index contributed by atoms with van der Waals surface area (Å²) < 4.78 is 6.19. The van der Waals surface area contributed by atoms with Crippen molar-refractivity contribution in [3.63, 3.8) is 0 Å². The fraction of sp³-hybridized carbons (Fsp3) is 0.467. The first kappa shape index (κ1) is 28.2. The van der Waals surface area contributed by atoms with Crippen LogP contribution in [0.4, 0.5) is 5.95 Å². The van der Waals surface area contributed by atoms with Gasteiger partial charge in [-0.2, -0.15) is 0 Å². The van der Waals surface area contributed by atoms with Gasteiger partial charge in [0.15, 0.2) is 5.75 Å². The van der Waals surface area contributed by atoms with Crippen LogP contribution in [0.3, 0.4) is 0 Å². The molecule has 0 spiro atoms. The first-order chi connectivity index (χ1) is 19.8. The van der Waals surface area contributed by atoms with Gasteiger partial charge in [-0.1, -0.05) is 23.2 Å². The highest BCUT2D eigenvalue weighted by Gasteiger charge is 2.40. The number of carboxylic acids is 1. The van der Waals surface area contributed by atoms with E-state index in [0.29, 0.717) is 45.9 Å². The number of benzene rings is 1. The van der Waals surface area contributed by atoms with Gasteiger partial charge in [0.1, 0.15) is 0 Å². The molecule has 3 aliphatic rings. The van der Waals surface area contributed by atoms with Crippen LogP contribution in [0.5, 0.6) is 11.6 Å². The second kappa shape index (κ2) is 12.1. The smallest absolute Gasteiger partial charge is 0.303 e. The number of carboxylic acid groups (broad SMARTS) is 1. The predicted octanol–water partition coefficient (Wildman–Crippen LogP) is 5.46. The van der Waals surface area contributed by atoms with Crippen molar-refractivity contribution < 1.29 is 14.6 Å². The quantitative estimate of drug-likeness (QED) is 0.363. The Labute approximate surface area is 250 Å². The molecule has 9 nitrogen and oxygen atoms in total. The van der Waals surface area contributed by atoms with Crippen LogP contribution in [0.2, 0.25) is 10.0 Å². The van der Waals surface area contributed by atoms with Gasteiger partial charge in [0.25, 0.3) is 0 Å². The van der Waals surface area contributed by atoms with Gasteiger partial charge in [-0.05, 0) is 75.1 Å². The molecule has 0 amide bonds. The maximum Gasteiger partial charge on any atom is 0.303 e. The Morgan fingerprint density at radius 3 is 2.39 bits per heavy atom. The van der Waals surface area contributed by atoms with Crippen molar-refractivity contribution in [3.8, 4) is 22.9 Å². The number of halogens is 2. The third kappa shape index (κ3) is 6.75. The number of ether oxygens (including phenoxy) is 1. The number of nitrogens with zero attached hydrogens (tertiary/aromatic N) is 6. The molecule has 1 aromatic carbocycles. The van der Waals surface area contributed by atoms with E-state index in [4.69, 9.17) is 38.0 Å². The summed E-state index contributed by atoms with van der Waals surface area (Å²) in [4.78, 5) is 32.1. The SMILES string of the molecule is CN1C[C@H]2CN(c3ncc(Oc4cc(CN5CCC(CC(=O)O)CC5)cc(-c5cc(Cl)cc(Cl)c5)n4)cn3)CC[C@H]21. The number of piperidine rings is 2. The van der Waals surface area contributed by atoms with Crippen molar-refractivity contribution in [1.29, 1.82) is 0 Å². The van der Waals surface area contributed by atoms with E-state index in [9.17, 15) is 4.79 Å². The van der Waals surface area contributed by atoms with Gasteiger partial charge in [0.05, 0.1) is 18.1 Å². The highest BCUT2D eigenvalue weighted by atomic mass is 35.5. The third-order valence-corrected chi connectivity index (χ3v) is 8.94. The lowest BCUT2D eigenvalue weighted by molar-refractivity contribution is -0.138. The van der Waals surface area contributed by atoms with Crippen molar-refractivity contribution in [3.05, 3.63) is 58.3 Å². The summed E-state index contributed by atoms with van der Waals surface area (Å²) in [6.45, 7) is 5.45. The number of anilines is 1. The largest absolute Gasteiger partial charge is 0.481 e. The molecule has 0 saturated carbocycles. The van der Waals surface area contributed by atoms with Crippen LogP contribution in [-0.2, 0) is 11.3 Å². The molecule has 3 fully saturated rings. The number of carbonyl (C=O) groups is 1. The average Bonchev–Trinajstić information content (AvgIpc) is 2.93. The van der Waals surface area contributed by atoms with Crippen molar-refractivity contribution in [2.24, 2.45) is 11.8 Å². The number of hydrogen-bond donors (Lipinski definition) is 1. The molecule has 3 aliphatic heterocycles. The Bertz CT molecular complexity index is 1380. The summed E-state index contributed by atoms with van der Waals surface area (Å²) >= 11 is 12.6. The summed E-state index contributed by atoms with van der Waals surface area (Å²) in [5, 5.41) is 10.2. The normalized spacial score (nSPS) is 21.8. The minimum atomic E-state index is -0.725. The Balaban J connectivity index is 1.19. The average molecular weight is 598 g/mol. The van der Waals surface area contributed by atoms with E-state index in [1.54, 1.807) is 18.5 Å². The Morgan fingerprint density at radius 1 is 1.00 bits per heavy atom. The molecule has 41 heavy (non-hydrogen) atoms. The summed E-state index contributed by atoms with van der Waals surface area (Å²) in [6.07, 6.45) is 6.52. The number of likely N-dealkylation sites (tertiary alicyclic amines) is 2. The number of aromatic nitrogens is 3. The fourth-order valence-corrected chi connectivity index (χ4v) is 6.91. The number of rotatable bonds is 8. The van der Waals surface area contributed by atoms with E-state index in [1.165, 1.54) is 0 Å². The minimum absolute atomic E-state index is 0.230. The summed E-state index contributed by atoms with van der Waals surface area (Å²) in [5.74, 6) is 1.87. The highest BCUT2D eigenvalue weighted by Crippen LogP contribution is 2.33. The van der Waals surface area contributed by atoms with Crippen molar-refractivity contribution in [1.82, 2.24) is 24.8 Å². The Hall–Kier alpha value is -2.98. The molecule has 2 atom stereocenters. The summed E-state index contributed by atoms with van der Waals surface area (Å²) in [7, 11) is 2.19. The predicted molar refractivity (Wildman–Crippen MR) is 159 cm³/mol. The zero-order valence-corrected chi connectivity index (χ0v) is 24.6. The molecule has 0 unspecified atom stereocenters. The number of hydrogen-bond acceptors (Lipinski definition) is 8. The van der Waals surface area contributed by atoms with E-state index < -0.39 is 5.97 Å². The lowest BCUT2D eigenvalue weighted by Crippen LogP contribution is -2.62. The Morgan fingerprint density at radius 2 is 1.73 bits per heavy atom. The van der Waals surface area contributed by atoms with Crippen LogP contribution in [0.15, 0.2) is 42.7 Å². The first-order valence-corrected chi connectivity index (χ1v) is 14.9. The highest BCUT2D eigenvalue weighted by molar-refractivity contribution is 6.35. The van der Waals surface area contributed by atoms with E-state index >= 15 is 0 Å². The number of aliphatic carboxylic acids is 1. The standard InChI is InChI=1S/C30H34Cl2N6O3/c1-36-17-22-18-38(7-4-27(22)36)30-33-14-25(15-34-30)41-28-9-20(16-37-5-2-19(3-6-37)10-29(39)40)8-26(35-28)21-11-23(31)13-24(32)12-21/h8-9,11-15,19,22,27H,2-7,10,16-18H2,1H3,(H,39,40)/t22-,27+/m0/s1. The molecule has 1 N–H and O–H groups in total. The number of pyridine rings is 1. The lowest BCUT2D eigenvalue weighted by atomic mass is 9.83. The molecule has 3 aromatic rings. The fourth-order valence-electron chi connectivity index (χ4n) is 6.38. The van der Waals surface area contributed by atoms with Crippen LogP contribution in [-0.4, -0.2) is 81.6 Å². The molecule has 216 valence electrons. The summed E-state index contributed by atoms with van der Waals surface area (Å²) in [6, 6.07) is 10.0. The maximum absolute atomic E-state index is 11.1. The zero-order chi connectivity index (χ0) is 28.5. The molecular formula is C30H34Cl2N6O3. The van der Waals surface area contributed by atoms with E-state index in [1.807, 2.05) is 24.3 Å². The molecule has 3 saturated heterocycles. The van der Waals surface area contributed by atoms with Crippen LogP contribution in [0.1, 0.15) is 31.2 Å². The second-order valence-electron chi connectivity index (χ2n) is 11.5. The van der Waals surface area contributed by atoms with E-state index in [2.05, 4.69) is 31.7 Å². The molecule has 2 aromatic heterocycles. The first-order valence-electron chi connectivity index (χ1n) is 14.2. The number of fused-ring (bicyclic) bond motifs is 1. The molecule has 6 rings (SSSR count).